The maximum absolute atomic E-state index is 12.0. The van der Waals surface area contributed by atoms with Crippen LogP contribution >= 0.6 is 12.2 Å². The molecule has 0 amide bonds. The Labute approximate surface area is 133 Å². The molecule has 0 aliphatic heterocycles. The fraction of sp³-hybridized carbons (Fsp3) is 0.429. The van der Waals surface area contributed by atoms with E-state index in [1.165, 1.54) is 0 Å². The summed E-state index contributed by atoms with van der Waals surface area (Å²) in [6, 6.07) is 2.01. The van der Waals surface area contributed by atoms with E-state index in [2.05, 4.69) is 19.9 Å². The molecule has 0 fully saturated rings. The van der Waals surface area contributed by atoms with Crippen LogP contribution in [0.5, 0.6) is 0 Å². The molecule has 0 aromatic carbocycles. The molecule has 0 saturated carbocycles. The Kier molecular flexibility index (Phi) is 5.04. The van der Waals surface area contributed by atoms with Gasteiger partial charge in [-0.1, -0.05) is 0 Å². The van der Waals surface area contributed by atoms with Crippen LogP contribution in [-0.2, 0) is 11.3 Å². The number of aromatic amines is 1. The van der Waals surface area contributed by atoms with Crippen LogP contribution < -0.4 is 5.56 Å². The van der Waals surface area contributed by atoms with E-state index in [-0.39, 0.29) is 10.3 Å². The minimum atomic E-state index is -0.326. The molecule has 2 aromatic heterocycles. The standard InChI is InChI=1S/C14H19N5O2S/c1-9-7-12(11(3)18(9)5-6-21-4)8-15-19-13(20)10(2)16-17-14(19)22/h7-8H,5-6H2,1-4H3,(H,17,22). The van der Waals surface area contributed by atoms with Crippen LogP contribution in [0.1, 0.15) is 22.6 Å². The second-order valence-electron chi connectivity index (χ2n) is 4.95. The van der Waals surface area contributed by atoms with Crippen molar-refractivity contribution in [1.29, 1.82) is 0 Å². The zero-order chi connectivity index (χ0) is 16.3. The highest BCUT2D eigenvalue weighted by molar-refractivity contribution is 7.71. The van der Waals surface area contributed by atoms with Gasteiger partial charge in [0.25, 0.3) is 5.56 Å². The third-order valence-corrected chi connectivity index (χ3v) is 3.72. The van der Waals surface area contributed by atoms with Crippen LogP contribution in [-0.4, -0.2) is 39.4 Å². The lowest BCUT2D eigenvalue weighted by Gasteiger charge is -2.08. The molecule has 2 rings (SSSR count). The summed E-state index contributed by atoms with van der Waals surface area (Å²) in [7, 11) is 1.68. The Bertz CT molecular complexity index is 816. The molecule has 0 aliphatic carbocycles. The van der Waals surface area contributed by atoms with Gasteiger partial charge >= 0.3 is 0 Å². The lowest BCUT2D eigenvalue weighted by molar-refractivity contribution is 0.186. The first-order valence-electron chi connectivity index (χ1n) is 6.84. The van der Waals surface area contributed by atoms with Gasteiger partial charge in [0.2, 0.25) is 4.77 Å². The van der Waals surface area contributed by atoms with Crippen molar-refractivity contribution in [2.24, 2.45) is 5.10 Å². The lowest BCUT2D eigenvalue weighted by atomic mass is 10.3. The normalized spacial score (nSPS) is 11.5. The van der Waals surface area contributed by atoms with Crippen molar-refractivity contribution < 1.29 is 4.74 Å². The van der Waals surface area contributed by atoms with Crippen molar-refractivity contribution in [3.8, 4) is 0 Å². The smallest absolute Gasteiger partial charge is 0.296 e. The molecule has 118 valence electrons. The summed E-state index contributed by atoms with van der Waals surface area (Å²) < 4.78 is 8.56. The average molecular weight is 321 g/mol. The van der Waals surface area contributed by atoms with Gasteiger partial charge < -0.3 is 9.30 Å². The van der Waals surface area contributed by atoms with Crippen LogP contribution in [0.25, 0.3) is 0 Å². The SMILES string of the molecule is COCCn1c(C)cc(C=Nn2c(=S)[nH]nc(C)c2=O)c1C. The first-order valence-corrected chi connectivity index (χ1v) is 7.25. The highest BCUT2D eigenvalue weighted by atomic mass is 32.1. The number of H-pyrrole nitrogens is 1. The molecule has 22 heavy (non-hydrogen) atoms. The number of ether oxygens (including phenoxy) is 1. The molecule has 0 atom stereocenters. The molecule has 0 aliphatic rings. The molecule has 2 heterocycles. The summed E-state index contributed by atoms with van der Waals surface area (Å²) in [5, 5.41) is 10.6. The van der Waals surface area contributed by atoms with E-state index in [9.17, 15) is 4.79 Å². The topological polar surface area (TPSA) is 77.2 Å². The van der Waals surface area contributed by atoms with Crippen molar-refractivity contribution >= 4 is 18.4 Å². The van der Waals surface area contributed by atoms with E-state index < -0.39 is 0 Å². The van der Waals surface area contributed by atoms with Gasteiger partial charge in [0.1, 0.15) is 5.69 Å². The number of hydrogen-bond acceptors (Lipinski definition) is 5. The highest BCUT2D eigenvalue weighted by Crippen LogP contribution is 2.13. The van der Waals surface area contributed by atoms with Crippen molar-refractivity contribution in [3.63, 3.8) is 0 Å². The average Bonchev–Trinajstić information content (AvgIpc) is 2.75. The minimum Gasteiger partial charge on any atom is -0.383 e. The number of rotatable bonds is 5. The number of nitrogens with one attached hydrogen (secondary N) is 1. The van der Waals surface area contributed by atoms with Gasteiger partial charge in [-0.15, -0.1) is 0 Å². The quantitative estimate of drug-likeness (QED) is 0.669. The van der Waals surface area contributed by atoms with Gasteiger partial charge in [-0.25, -0.2) is 0 Å². The first kappa shape index (κ1) is 16.3. The highest BCUT2D eigenvalue weighted by Gasteiger charge is 2.07. The van der Waals surface area contributed by atoms with Gasteiger partial charge in [0.05, 0.1) is 12.8 Å². The monoisotopic (exact) mass is 321 g/mol. The molecular formula is C14H19N5O2S. The zero-order valence-corrected chi connectivity index (χ0v) is 13.9. The summed E-state index contributed by atoms with van der Waals surface area (Å²) in [5.74, 6) is 0. The molecule has 7 nitrogen and oxygen atoms in total. The van der Waals surface area contributed by atoms with Gasteiger partial charge in [0.15, 0.2) is 0 Å². The second kappa shape index (κ2) is 6.80. The Hall–Kier alpha value is -2.06. The fourth-order valence-corrected chi connectivity index (χ4v) is 2.36. The third-order valence-electron chi connectivity index (χ3n) is 3.46. The Balaban J connectivity index is 2.38. The van der Waals surface area contributed by atoms with Crippen molar-refractivity contribution in [2.45, 2.75) is 27.3 Å². The van der Waals surface area contributed by atoms with E-state index in [0.29, 0.717) is 12.3 Å². The third kappa shape index (κ3) is 3.23. The molecule has 0 spiro atoms. The molecule has 2 aromatic rings. The van der Waals surface area contributed by atoms with Crippen LogP contribution in [0.15, 0.2) is 16.0 Å². The maximum Gasteiger partial charge on any atom is 0.296 e. The number of methoxy groups -OCH3 is 1. The van der Waals surface area contributed by atoms with Gasteiger partial charge in [-0.3, -0.25) is 9.89 Å². The van der Waals surface area contributed by atoms with Crippen molar-refractivity contribution in [2.75, 3.05) is 13.7 Å². The van der Waals surface area contributed by atoms with E-state index in [1.54, 1.807) is 20.2 Å². The van der Waals surface area contributed by atoms with E-state index >= 15 is 0 Å². The second-order valence-corrected chi connectivity index (χ2v) is 5.33. The molecule has 0 saturated heterocycles. The molecule has 8 heteroatoms. The first-order chi connectivity index (χ1) is 10.5. The molecule has 0 radical (unpaired) electrons. The molecule has 1 N–H and O–H groups in total. The van der Waals surface area contributed by atoms with Gasteiger partial charge in [-0.2, -0.15) is 14.9 Å². The lowest BCUT2D eigenvalue weighted by Crippen LogP contribution is -2.22. The number of aromatic nitrogens is 4. The Morgan fingerprint density at radius 3 is 2.86 bits per heavy atom. The number of nitrogens with zero attached hydrogens (tertiary/aromatic N) is 4. The molecule has 0 unspecified atom stereocenters. The summed E-state index contributed by atoms with van der Waals surface area (Å²) in [6.07, 6.45) is 1.64. The van der Waals surface area contributed by atoms with Crippen molar-refractivity contribution in [3.05, 3.63) is 43.8 Å². The summed E-state index contributed by atoms with van der Waals surface area (Å²) in [5.41, 5.74) is 3.10. The summed E-state index contributed by atoms with van der Waals surface area (Å²) >= 11 is 5.05. The minimum absolute atomic E-state index is 0.167. The van der Waals surface area contributed by atoms with E-state index in [0.717, 1.165) is 28.2 Å². The van der Waals surface area contributed by atoms with Crippen LogP contribution in [0.2, 0.25) is 0 Å². The predicted octanol–water partition coefficient (Wildman–Crippen LogP) is 1.56. The Morgan fingerprint density at radius 2 is 2.18 bits per heavy atom. The maximum atomic E-state index is 12.0. The largest absolute Gasteiger partial charge is 0.383 e. The molecule has 0 bridgehead atoms. The van der Waals surface area contributed by atoms with E-state index in [4.69, 9.17) is 17.0 Å². The van der Waals surface area contributed by atoms with Crippen LogP contribution in [0.3, 0.4) is 0 Å². The molecular weight excluding hydrogens is 302 g/mol. The zero-order valence-electron chi connectivity index (χ0n) is 13.1. The van der Waals surface area contributed by atoms with E-state index in [1.807, 2.05) is 19.9 Å². The van der Waals surface area contributed by atoms with Gasteiger partial charge in [0, 0.05) is 30.6 Å². The fourth-order valence-electron chi connectivity index (χ4n) is 2.18. The number of hydrogen-bond donors (Lipinski definition) is 1. The summed E-state index contributed by atoms with van der Waals surface area (Å²) in [4.78, 5) is 12.0. The van der Waals surface area contributed by atoms with Crippen LogP contribution in [0, 0.1) is 25.5 Å². The van der Waals surface area contributed by atoms with Gasteiger partial charge in [-0.05, 0) is 39.1 Å². The van der Waals surface area contributed by atoms with Crippen molar-refractivity contribution in [1.82, 2.24) is 19.4 Å². The van der Waals surface area contributed by atoms with Crippen LogP contribution in [0.4, 0.5) is 0 Å². The predicted molar refractivity (Wildman–Crippen MR) is 87.2 cm³/mol. The summed E-state index contributed by atoms with van der Waals surface area (Å²) in [6.45, 7) is 7.05. The Morgan fingerprint density at radius 1 is 1.45 bits per heavy atom. The number of aryl methyl sites for hydroxylation is 2.